The van der Waals surface area contributed by atoms with Gasteiger partial charge in [0.15, 0.2) is 0 Å². The van der Waals surface area contributed by atoms with Crippen molar-refractivity contribution in [3.05, 3.63) is 0 Å². The number of amides is 1. The first-order valence-corrected chi connectivity index (χ1v) is 7.03. The van der Waals surface area contributed by atoms with Gasteiger partial charge in [-0.25, -0.2) is 0 Å². The van der Waals surface area contributed by atoms with Crippen molar-refractivity contribution in [1.82, 2.24) is 14.7 Å². The molecular formula is C13H26N4O3. The van der Waals surface area contributed by atoms with Gasteiger partial charge in [0.05, 0.1) is 6.04 Å². The van der Waals surface area contributed by atoms with Crippen LogP contribution in [0.2, 0.25) is 0 Å². The van der Waals surface area contributed by atoms with E-state index in [9.17, 15) is 9.59 Å². The number of piperazine rings is 1. The Kier molecular flexibility index (Phi) is 6.90. The summed E-state index contributed by atoms with van der Waals surface area (Å²) in [6.07, 6.45) is 0.144. The number of rotatable bonds is 7. The summed E-state index contributed by atoms with van der Waals surface area (Å²) in [6.45, 7) is 5.06. The zero-order valence-corrected chi connectivity index (χ0v) is 12.4. The molecule has 1 amide bonds. The maximum Gasteiger partial charge on any atom is 0.303 e. The van der Waals surface area contributed by atoms with Gasteiger partial charge < -0.3 is 20.6 Å². The molecule has 1 rings (SSSR count). The van der Waals surface area contributed by atoms with Gasteiger partial charge in [-0.3, -0.25) is 14.5 Å². The number of carboxylic acid groups (broad SMARTS) is 1. The molecule has 20 heavy (non-hydrogen) atoms. The summed E-state index contributed by atoms with van der Waals surface area (Å²) < 4.78 is 0. The fourth-order valence-corrected chi connectivity index (χ4v) is 2.17. The van der Waals surface area contributed by atoms with Crippen LogP contribution in [0.25, 0.3) is 0 Å². The van der Waals surface area contributed by atoms with Gasteiger partial charge in [0.2, 0.25) is 5.91 Å². The summed E-state index contributed by atoms with van der Waals surface area (Å²) in [5, 5.41) is 8.60. The van der Waals surface area contributed by atoms with E-state index in [2.05, 4.69) is 9.80 Å². The first kappa shape index (κ1) is 16.9. The van der Waals surface area contributed by atoms with Crippen molar-refractivity contribution in [2.24, 2.45) is 5.73 Å². The third-order valence-electron chi connectivity index (χ3n) is 3.53. The fraction of sp³-hybridized carbons (Fsp3) is 0.846. The van der Waals surface area contributed by atoms with E-state index < -0.39 is 12.0 Å². The molecule has 1 aliphatic rings. The number of hydrogen-bond donors (Lipinski definition) is 2. The number of nitrogens with two attached hydrogens (primary N) is 1. The summed E-state index contributed by atoms with van der Waals surface area (Å²) >= 11 is 0. The highest BCUT2D eigenvalue weighted by Gasteiger charge is 2.25. The molecule has 0 bridgehead atoms. The maximum atomic E-state index is 12.1. The molecule has 0 aromatic carbocycles. The molecule has 1 fully saturated rings. The monoisotopic (exact) mass is 286 g/mol. The third kappa shape index (κ3) is 5.85. The Labute approximate surface area is 120 Å². The Morgan fingerprint density at radius 3 is 2.35 bits per heavy atom. The van der Waals surface area contributed by atoms with Crippen molar-refractivity contribution < 1.29 is 14.7 Å². The van der Waals surface area contributed by atoms with Crippen molar-refractivity contribution in [3.63, 3.8) is 0 Å². The third-order valence-corrected chi connectivity index (χ3v) is 3.53. The number of aliphatic carboxylic acids is 1. The van der Waals surface area contributed by atoms with Crippen LogP contribution in [0.15, 0.2) is 0 Å². The molecule has 116 valence electrons. The van der Waals surface area contributed by atoms with E-state index in [0.29, 0.717) is 13.1 Å². The molecule has 7 heteroatoms. The van der Waals surface area contributed by atoms with E-state index in [1.54, 1.807) is 4.90 Å². The van der Waals surface area contributed by atoms with Crippen LogP contribution < -0.4 is 5.73 Å². The van der Waals surface area contributed by atoms with Crippen molar-refractivity contribution in [2.45, 2.75) is 18.9 Å². The van der Waals surface area contributed by atoms with Gasteiger partial charge in [-0.2, -0.15) is 0 Å². The second kappa shape index (κ2) is 8.18. The second-order valence-corrected chi connectivity index (χ2v) is 5.51. The van der Waals surface area contributed by atoms with Gasteiger partial charge in [-0.15, -0.1) is 0 Å². The lowest BCUT2D eigenvalue weighted by Gasteiger charge is -2.36. The Balaban J connectivity index is 2.29. The van der Waals surface area contributed by atoms with E-state index >= 15 is 0 Å². The van der Waals surface area contributed by atoms with Crippen LogP contribution in [0.1, 0.15) is 12.8 Å². The number of hydrogen-bond acceptors (Lipinski definition) is 5. The van der Waals surface area contributed by atoms with Crippen LogP contribution in [0.4, 0.5) is 0 Å². The lowest BCUT2D eigenvalue weighted by Crippen LogP contribution is -2.53. The van der Waals surface area contributed by atoms with Crippen LogP contribution in [0, 0.1) is 0 Å². The van der Waals surface area contributed by atoms with E-state index in [4.69, 9.17) is 10.8 Å². The van der Waals surface area contributed by atoms with E-state index in [-0.39, 0.29) is 18.7 Å². The molecule has 0 aromatic heterocycles. The van der Waals surface area contributed by atoms with Gasteiger partial charge in [-0.1, -0.05) is 0 Å². The van der Waals surface area contributed by atoms with E-state index in [0.717, 1.165) is 26.2 Å². The van der Waals surface area contributed by atoms with Crippen LogP contribution in [-0.2, 0) is 9.59 Å². The van der Waals surface area contributed by atoms with Crippen LogP contribution in [-0.4, -0.2) is 91.1 Å². The quantitative estimate of drug-likeness (QED) is 0.616. The Bertz CT molecular complexity index is 328. The maximum absolute atomic E-state index is 12.1. The largest absolute Gasteiger partial charge is 0.481 e. The number of nitrogens with zero attached hydrogens (tertiary/aromatic N) is 3. The number of carbonyl (C=O) groups is 2. The summed E-state index contributed by atoms with van der Waals surface area (Å²) in [6, 6.07) is -0.695. The van der Waals surface area contributed by atoms with Gasteiger partial charge >= 0.3 is 5.97 Å². The molecule has 1 heterocycles. The summed E-state index contributed by atoms with van der Waals surface area (Å²) in [5.74, 6) is -1.04. The standard InChI is InChI=1S/C13H26N4O3/c1-15(2)5-6-16-7-9-17(10-8-16)13(20)11(14)3-4-12(18)19/h11H,3-10,14H2,1-2H3,(H,18,19). The number of carbonyl (C=O) groups excluding carboxylic acids is 1. The van der Waals surface area contributed by atoms with Gasteiger partial charge in [-0.05, 0) is 20.5 Å². The first-order chi connectivity index (χ1) is 9.40. The van der Waals surface area contributed by atoms with Gasteiger partial charge in [0.25, 0.3) is 0 Å². The number of likely N-dealkylation sites (N-methyl/N-ethyl adjacent to an activating group) is 1. The average molecular weight is 286 g/mol. The van der Waals surface area contributed by atoms with Crippen molar-refractivity contribution >= 4 is 11.9 Å². The fourth-order valence-electron chi connectivity index (χ4n) is 2.17. The highest BCUT2D eigenvalue weighted by Crippen LogP contribution is 2.06. The molecule has 0 saturated carbocycles. The van der Waals surface area contributed by atoms with Crippen molar-refractivity contribution in [1.29, 1.82) is 0 Å². The Morgan fingerprint density at radius 1 is 1.25 bits per heavy atom. The predicted molar refractivity (Wildman–Crippen MR) is 76.4 cm³/mol. The average Bonchev–Trinajstić information content (AvgIpc) is 2.42. The predicted octanol–water partition coefficient (Wildman–Crippen LogP) is -1.12. The summed E-state index contributed by atoms with van der Waals surface area (Å²) in [5.41, 5.74) is 5.75. The minimum absolute atomic E-state index is 0.0598. The Hall–Kier alpha value is -1.18. The molecule has 3 N–H and O–H groups in total. The second-order valence-electron chi connectivity index (χ2n) is 5.51. The molecule has 0 aliphatic carbocycles. The lowest BCUT2D eigenvalue weighted by molar-refractivity contribution is -0.138. The molecule has 7 nitrogen and oxygen atoms in total. The van der Waals surface area contributed by atoms with Crippen LogP contribution in [0.3, 0.4) is 0 Å². The minimum Gasteiger partial charge on any atom is -0.481 e. The molecule has 0 aromatic rings. The normalized spacial score (nSPS) is 18.3. The molecule has 1 aliphatic heterocycles. The molecular weight excluding hydrogens is 260 g/mol. The van der Waals surface area contributed by atoms with Crippen molar-refractivity contribution in [2.75, 3.05) is 53.4 Å². The van der Waals surface area contributed by atoms with E-state index in [1.807, 2.05) is 14.1 Å². The molecule has 1 atom stereocenters. The molecule has 0 spiro atoms. The smallest absolute Gasteiger partial charge is 0.303 e. The zero-order valence-electron chi connectivity index (χ0n) is 12.4. The van der Waals surface area contributed by atoms with E-state index in [1.165, 1.54) is 0 Å². The topological polar surface area (TPSA) is 90.1 Å². The van der Waals surface area contributed by atoms with Gasteiger partial charge in [0.1, 0.15) is 0 Å². The summed E-state index contributed by atoms with van der Waals surface area (Å²) in [4.78, 5) is 28.8. The highest BCUT2D eigenvalue weighted by molar-refractivity contribution is 5.82. The van der Waals surface area contributed by atoms with Crippen LogP contribution >= 0.6 is 0 Å². The lowest BCUT2D eigenvalue weighted by atomic mass is 10.1. The minimum atomic E-state index is -0.915. The van der Waals surface area contributed by atoms with Crippen molar-refractivity contribution in [3.8, 4) is 0 Å². The molecule has 1 unspecified atom stereocenters. The van der Waals surface area contributed by atoms with Crippen LogP contribution in [0.5, 0.6) is 0 Å². The van der Waals surface area contributed by atoms with Gasteiger partial charge in [0, 0.05) is 45.7 Å². The highest BCUT2D eigenvalue weighted by atomic mass is 16.4. The summed E-state index contributed by atoms with van der Waals surface area (Å²) in [7, 11) is 4.09. The first-order valence-electron chi connectivity index (χ1n) is 7.03. The molecule has 1 saturated heterocycles. The number of carboxylic acids is 1. The SMILES string of the molecule is CN(C)CCN1CCN(C(=O)C(N)CCC(=O)O)CC1. The Morgan fingerprint density at radius 2 is 1.85 bits per heavy atom. The molecule has 0 radical (unpaired) electrons. The zero-order chi connectivity index (χ0) is 15.1.